The van der Waals surface area contributed by atoms with Crippen molar-refractivity contribution in [2.45, 2.75) is 12.3 Å². The molecule has 1 atom stereocenters. The van der Waals surface area contributed by atoms with Crippen LogP contribution >= 0.6 is 23.2 Å². The Kier molecular flexibility index (Phi) is 4.97. The first-order chi connectivity index (χ1) is 13.1. The van der Waals surface area contributed by atoms with Crippen molar-refractivity contribution in [1.29, 1.82) is 0 Å². The summed E-state index contributed by atoms with van der Waals surface area (Å²) in [6.45, 7) is 0. The lowest BCUT2D eigenvalue weighted by molar-refractivity contribution is 0.469. The van der Waals surface area contributed by atoms with Gasteiger partial charge in [0.05, 0.1) is 0 Å². The fraction of sp³-hybridized carbons (Fsp3) is 0.0909. The number of aromatic hydroxyl groups is 1. The van der Waals surface area contributed by atoms with Gasteiger partial charge < -0.3 is 5.11 Å². The maximum atomic E-state index is 11.0. The molecule has 0 bridgehead atoms. The highest BCUT2D eigenvalue weighted by molar-refractivity contribution is 6.35. The molecule has 3 nitrogen and oxygen atoms in total. The summed E-state index contributed by atoms with van der Waals surface area (Å²) in [5.41, 5.74) is 3.13. The number of hydrogen-bond acceptors (Lipinski definition) is 3. The van der Waals surface area contributed by atoms with Crippen molar-refractivity contribution in [3.8, 4) is 5.75 Å². The van der Waals surface area contributed by atoms with Crippen LogP contribution in [0.3, 0.4) is 0 Å². The highest BCUT2D eigenvalue weighted by Gasteiger charge is 2.23. The number of rotatable bonds is 4. The van der Waals surface area contributed by atoms with E-state index in [9.17, 15) is 5.11 Å². The molecule has 0 aliphatic rings. The molecule has 0 fully saturated rings. The Labute approximate surface area is 167 Å². The number of pyridine rings is 2. The van der Waals surface area contributed by atoms with E-state index in [-0.39, 0.29) is 11.7 Å². The first-order valence-electron chi connectivity index (χ1n) is 8.55. The zero-order valence-electron chi connectivity index (χ0n) is 14.3. The molecule has 0 aliphatic heterocycles. The van der Waals surface area contributed by atoms with Crippen LogP contribution in [0.25, 0.3) is 10.9 Å². The smallest absolute Gasteiger partial charge is 0.145 e. The maximum Gasteiger partial charge on any atom is 0.145 e. The van der Waals surface area contributed by atoms with Gasteiger partial charge in [0.1, 0.15) is 11.3 Å². The predicted octanol–water partition coefficient (Wildman–Crippen LogP) is 6.02. The molecular weight excluding hydrogens is 379 g/mol. The average molecular weight is 395 g/mol. The fourth-order valence-electron chi connectivity index (χ4n) is 3.33. The minimum Gasteiger partial charge on any atom is -0.505 e. The first kappa shape index (κ1) is 17.8. The summed E-state index contributed by atoms with van der Waals surface area (Å²) >= 11 is 12.6. The van der Waals surface area contributed by atoms with Gasteiger partial charge in [-0.05, 0) is 35.9 Å². The summed E-state index contributed by atoms with van der Waals surface area (Å²) in [6, 6.07) is 18.9. The highest BCUT2D eigenvalue weighted by atomic mass is 35.5. The molecule has 0 radical (unpaired) electrons. The zero-order chi connectivity index (χ0) is 18.8. The monoisotopic (exact) mass is 394 g/mol. The Morgan fingerprint density at radius 1 is 0.852 bits per heavy atom. The van der Waals surface area contributed by atoms with Gasteiger partial charge in [0.15, 0.2) is 0 Å². The van der Waals surface area contributed by atoms with E-state index in [4.69, 9.17) is 23.2 Å². The van der Waals surface area contributed by atoms with E-state index < -0.39 is 0 Å². The average Bonchev–Trinajstić information content (AvgIpc) is 2.68. The van der Waals surface area contributed by atoms with Crippen molar-refractivity contribution < 1.29 is 5.11 Å². The highest BCUT2D eigenvalue weighted by Crippen LogP contribution is 2.40. The van der Waals surface area contributed by atoms with Crippen LogP contribution in [0.1, 0.15) is 22.7 Å². The lowest BCUT2D eigenvalue weighted by Crippen LogP contribution is -2.08. The Bertz CT molecular complexity index is 1100. The van der Waals surface area contributed by atoms with Crippen molar-refractivity contribution in [1.82, 2.24) is 9.97 Å². The number of fused-ring (bicyclic) bond motifs is 1. The van der Waals surface area contributed by atoms with Gasteiger partial charge >= 0.3 is 0 Å². The van der Waals surface area contributed by atoms with Crippen LogP contribution in [0.4, 0.5) is 0 Å². The fourth-order valence-corrected chi connectivity index (χ4v) is 3.87. The van der Waals surface area contributed by atoms with Crippen LogP contribution < -0.4 is 0 Å². The largest absolute Gasteiger partial charge is 0.505 e. The summed E-state index contributed by atoms with van der Waals surface area (Å²) in [6.07, 6.45) is 4.03. The van der Waals surface area contributed by atoms with Gasteiger partial charge in [-0.1, -0.05) is 53.5 Å². The molecule has 4 aromatic rings. The Balaban J connectivity index is 1.88. The molecule has 0 saturated carbocycles. The molecule has 5 heteroatoms. The normalized spacial score (nSPS) is 12.2. The van der Waals surface area contributed by atoms with Crippen LogP contribution in [-0.2, 0) is 6.42 Å². The molecule has 134 valence electrons. The first-order valence-corrected chi connectivity index (χ1v) is 9.30. The Morgan fingerprint density at radius 2 is 1.67 bits per heavy atom. The molecule has 0 saturated heterocycles. The molecule has 0 spiro atoms. The van der Waals surface area contributed by atoms with Gasteiger partial charge in [0, 0.05) is 51.4 Å². The minimum absolute atomic E-state index is 0.167. The molecule has 1 unspecified atom stereocenters. The number of hydrogen-bond donors (Lipinski definition) is 1. The number of aromatic nitrogens is 2. The summed E-state index contributed by atoms with van der Waals surface area (Å²) in [4.78, 5) is 8.78. The SMILES string of the molecule is Oc1c(C(Cc2ccccn2)c2ccc(Cl)cc2Cl)ccc2cccnc12. The summed E-state index contributed by atoms with van der Waals surface area (Å²) in [5, 5.41) is 13.0. The third kappa shape index (κ3) is 3.61. The van der Waals surface area contributed by atoms with Gasteiger partial charge in [-0.15, -0.1) is 0 Å². The van der Waals surface area contributed by atoms with Crippen LogP contribution in [0.5, 0.6) is 5.75 Å². The van der Waals surface area contributed by atoms with Crippen molar-refractivity contribution in [3.63, 3.8) is 0 Å². The molecule has 2 aromatic heterocycles. The zero-order valence-corrected chi connectivity index (χ0v) is 15.8. The van der Waals surface area contributed by atoms with Crippen molar-refractivity contribution >= 4 is 34.1 Å². The van der Waals surface area contributed by atoms with Gasteiger partial charge in [-0.2, -0.15) is 0 Å². The Morgan fingerprint density at radius 3 is 2.44 bits per heavy atom. The summed E-state index contributed by atoms with van der Waals surface area (Å²) in [7, 11) is 0. The topological polar surface area (TPSA) is 46.0 Å². The minimum atomic E-state index is -0.184. The van der Waals surface area contributed by atoms with Gasteiger partial charge in [0.2, 0.25) is 0 Å². The lowest BCUT2D eigenvalue weighted by atomic mass is 9.86. The summed E-state index contributed by atoms with van der Waals surface area (Å²) in [5.74, 6) is -0.0175. The van der Waals surface area contributed by atoms with E-state index in [1.807, 2.05) is 54.6 Å². The molecule has 27 heavy (non-hydrogen) atoms. The molecule has 0 amide bonds. The lowest BCUT2D eigenvalue weighted by Gasteiger charge is -2.21. The van der Waals surface area contributed by atoms with Gasteiger partial charge in [0.25, 0.3) is 0 Å². The molecular formula is C22H16Cl2N2O. The predicted molar refractivity (Wildman–Crippen MR) is 110 cm³/mol. The van der Waals surface area contributed by atoms with E-state index in [2.05, 4.69) is 9.97 Å². The van der Waals surface area contributed by atoms with Gasteiger partial charge in [-0.25, -0.2) is 0 Å². The van der Waals surface area contributed by atoms with E-state index in [1.165, 1.54) is 0 Å². The van der Waals surface area contributed by atoms with E-state index >= 15 is 0 Å². The molecule has 2 heterocycles. The standard InChI is InChI=1S/C22H16Cl2N2O/c23-15-7-9-17(20(24)12-15)19(13-16-5-1-2-10-25-16)18-8-6-14-4-3-11-26-21(14)22(18)27/h1-12,19,27H,13H2. The van der Waals surface area contributed by atoms with Gasteiger partial charge in [-0.3, -0.25) is 9.97 Å². The van der Waals surface area contributed by atoms with E-state index in [0.717, 1.165) is 22.2 Å². The van der Waals surface area contributed by atoms with Crippen molar-refractivity contribution in [2.75, 3.05) is 0 Å². The summed E-state index contributed by atoms with van der Waals surface area (Å²) < 4.78 is 0. The second kappa shape index (κ2) is 7.55. The second-order valence-electron chi connectivity index (χ2n) is 6.32. The van der Waals surface area contributed by atoms with Crippen LogP contribution in [0, 0.1) is 0 Å². The molecule has 4 rings (SSSR count). The molecule has 0 aliphatic carbocycles. The molecule has 2 aromatic carbocycles. The third-order valence-corrected chi connectivity index (χ3v) is 5.19. The number of phenols is 1. The van der Waals surface area contributed by atoms with E-state index in [0.29, 0.717) is 22.0 Å². The third-order valence-electron chi connectivity index (χ3n) is 4.63. The number of phenolic OH excluding ortho intramolecular Hbond substituents is 1. The number of benzene rings is 2. The Hall–Kier alpha value is -2.62. The molecule has 1 N–H and O–H groups in total. The number of nitrogens with zero attached hydrogens (tertiary/aromatic N) is 2. The quantitative estimate of drug-likeness (QED) is 0.460. The second-order valence-corrected chi connectivity index (χ2v) is 7.17. The van der Waals surface area contributed by atoms with Crippen LogP contribution in [0.15, 0.2) is 73.1 Å². The van der Waals surface area contributed by atoms with Crippen LogP contribution in [-0.4, -0.2) is 15.1 Å². The number of halogens is 2. The van der Waals surface area contributed by atoms with Crippen molar-refractivity contribution in [2.24, 2.45) is 0 Å². The van der Waals surface area contributed by atoms with Crippen LogP contribution in [0.2, 0.25) is 10.0 Å². The van der Waals surface area contributed by atoms with Crippen molar-refractivity contribution in [3.05, 3.63) is 99.9 Å². The maximum absolute atomic E-state index is 11.0. The van der Waals surface area contributed by atoms with E-state index in [1.54, 1.807) is 18.5 Å².